The number of aryl methyl sites for hydroxylation is 1. The van der Waals surface area contributed by atoms with Gasteiger partial charge in [0.2, 0.25) is 0 Å². The lowest BCUT2D eigenvalue weighted by molar-refractivity contribution is -0.0799. The van der Waals surface area contributed by atoms with Crippen molar-refractivity contribution in [1.29, 1.82) is 0 Å². The second kappa shape index (κ2) is 8.55. The molecule has 21 heavy (non-hydrogen) atoms. The predicted molar refractivity (Wildman–Crippen MR) is 91.8 cm³/mol. The minimum absolute atomic E-state index is 0.0745. The van der Waals surface area contributed by atoms with E-state index < -0.39 is 0 Å². The molecular formula is C19H33NO. The summed E-state index contributed by atoms with van der Waals surface area (Å²) >= 11 is 0. The highest BCUT2D eigenvalue weighted by Crippen LogP contribution is 2.25. The molecule has 0 saturated carbocycles. The summed E-state index contributed by atoms with van der Waals surface area (Å²) in [5.41, 5.74) is 2.63. The molecule has 0 radical (unpaired) electrons. The van der Waals surface area contributed by atoms with Gasteiger partial charge in [0.25, 0.3) is 0 Å². The first-order chi connectivity index (χ1) is 9.93. The van der Waals surface area contributed by atoms with Crippen molar-refractivity contribution < 1.29 is 4.74 Å². The molecule has 0 fully saturated rings. The van der Waals surface area contributed by atoms with E-state index in [1.165, 1.54) is 11.1 Å². The Bertz CT molecular complexity index is 397. The molecule has 0 aliphatic rings. The van der Waals surface area contributed by atoms with Crippen LogP contribution in [0.2, 0.25) is 0 Å². The Morgan fingerprint density at radius 1 is 1.10 bits per heavy atom. The maximum Gasteiger partial charge on any atom is 0.0748 e. The van der Waals surface area contributed by atoms with Gasteiger partial charge in [0.15, 0.2) is 0 Å². The van der Waals surface area contributed by atoms with E-state index in [0.717, 1.165) is 25.8 Å². The molecule has 1 rings (SSSR count). The van der Waals surface area contributed by atoms with Crippen molar-refractivity contribution in [1.82, 2.24) is 5.32 Å². The lowest BCUT2D eigenvalue weighted by atomic mass is 9.98. The normalized spacial score (nSPS) is 15.0. The van der Waals surface area contributed by atoms with Gasteiger partial charge in [-0.15, -0.1) is 0 Å². The average Bonchev–Trinajstić information content (AvgIpc) is 2.48. The van der Waals surface area contributed by atoms with Gasteiger partial charge >= 0.3 is 0 Å². The maximum atomic E-state index is 6.29. The van der Waals surface area contributed by atoms with Crippen LogP contribution in [0.4, 0.5) is 0 Å². The highest BCUT2D eigenvalue weighted by molar-refractivity contribution is 5.25. The summed E-state index contributed by atoms with van der Waals surface area (Å²) in [4.78, 5) is 0. The molecule has 2 heteroatoms. The molecule has 1 aromatic carbocycles. The lowest BCUT2D eigenvalue weighted by Gasteiger charge is -2.33. The Morgan fingerprint density at radius 3 is 2.19 bits per heavy atom. The summed E-state index contributed by atoms with van der Waals surface area (Å²) in [5, 5.41) is 3.64. The Balaban J connectivity index is 2.87. The first-order valence-corrected chi connectivity index (χ1v) is 8.43. The van der Waals surface area contributed by atoms with Crippen LogP contribution in [0, 0.1) is 0 Å². The van der Waals surface area contributed by atoms with Gasteiger partial charge in [-0.3, -0.25) is 0 Å². The van der Waals surface area contributed by atoms with E-state index in [-0.39, 0.29) is 17.7 Å². The summed E-state index contributed by atoms with van der Waals surface area (Å²) in [7, 11) is 0. The lowest BCUT2D eigenvalue weighted by Crippen LogP contribution is -2.38. The van der Waals surface area contributed by atoms with E-state index in [0.29, 0.717) is 0 Å². The molecule has 2 nitrogen and oxygen atoms in total. The molecule has 2 unspecified atom stereocenters. The zero-order valence-corrected chi connectivity index (χ0v) is 14.7. The van der Waals surface area contributed by atoms with Crippen molar-refractivity contribution in [3.63, 3.8) is 0 Å². The van der Waals surface area contributed by atoms with E-state index in [1.807, 2.05) is 0 Å². The molecule has 1 aromatic rings. The van der Waals surface area contributed by atoms with Gasteiger partial charge in [0, 0.05) is 0 Å². The second-order valence-corrected chi connectivity index (χ2v) is 6.46. The summed E-state index contributed by atoms with van der Waals surface area (Å²) in [6.07, 6.45) is 3.39. The van der Waals surface area contributed by atoms with Crippen molar-refractivity contribution in [3.05, 3.63) is 35.4 Å². The third-order valence-electron chi connectivity index (χ3n) is 4.19. The number of benzene rings is 1. The van der Waals surface area contributed by atoms with Gasteiger partial charge in [-0.2, -0.15) is 0 Å². The van der Waals surface area contributed by atoms with E-state index in [9.17, 15) is 0 Å². The number of nitrogens with one attached hydrogen (secondary N) is 1. The monoisotopic (exact) mass is 291 g/mol. The zero-order chi connectivity index (χ0) is 15.9. The van der Waals surface area contributed by atoms with E-state index >= 15 is 0 Å². The molecule has 120 valence electrons. The molecular weight excluding hydrogens is 258 g/mol. The zero-order valence-electron chi connectivity index (χ0n) is 14.7. The largest absolute Gasteiger partial charge is 0.371 e. The number of hydrogen-bond donors (Lipinski definition) is 1. The Kier molecular flexibility index (Phi) is 7.41. The molecule has 0 spiro atoms. The quantitative estimate of drug-likeness (QED) is 0.700. The van der Waals surface area contributed by atoms with Crippen LogP contribution in [-0.2, 0) is 11.2 Å². The topological polar surface area (TPSA) is 21.3 Å². The van der Waals surface area contributed by atoms with Crippen LogP contribution < -0.4 is 5.32 Å². The van der Waals surface area contributed by atoms with Crippen LogP contribution >= 0.6 is 0 Å². The van der Waals surface area contributed by atoms with Crippen LogP contribution in [0.1, 0.15) is 71.6 Å². The third-order valence-corrected chi connectivity index (χ3v) is 4.19. The van der Waals surface area contributed by atoms with Gasteiger partial charge < -0.3 is 10.1 Å². The Labute approximate surface area is 131 Å². The van der Waals surface area contributed by atoms with Crippen LogP contribution in [0.5, 0.6) is 0 Å². The van der Waals surface area contributed by atoms with Crippen LogP contribution in [-0.4, -0.2) is 18.2 Å². The fraction of sp³-hybridized carbons (Fsp3) is 0.684. The third kappa shape index (κ3) is 5.80. The minimum Gasteiger partial charge on any atom is -0.371 e. The maximum absolute atomic E-state index is 6.29. The highest BCUT2D eigenvalue weighted by Gasteiger charge is 2.26. The fourth-order valence-electron chi connectivity index (χ4n) is 2.47. The highest BCUT2D eigenvalue weighted by atomic mass is 16.5. The van der Waals surface area contributed by atoms with Gasteiger partial charge in [0.05, 0.1) is 17.7 Å². The first-order valence-electron chi connectivity index (χ1n) is 8.43. The predicted octanol–water partition coefficient (Wildman–Crippen LogP) is 4.88. The van der Waals surface area contributed by atoms with Crippen LogP contribution in [0.25, 0.3) is 0 Å². The summed E-state index contributed by atoms with van der Waals surface area (Å²) < 4.78 is 6.29. The number of hydrogen-bond acceptors (Lipinski definition) is 2. The van der Waals surface area contributed by atoms with Crippen molar-refractivity contribution in [2.75, 3.05) is 6.54 Å². The molecule has 0 aliphatic heterocycles. The van der Waals surface area contributed by atoms with Crippen molar-refractivity contribution in [2.45, 2.75) is 78.6 Å². The molecule has 0 aromatic heterocycles. The molecule has 0 amide bonds. The van der Waals surface area contributed by atoms with Crippen LogP contribution in [0.15, 0.2) is 24.3 Å². The van der Waals surface area contributed by atoms with Crippen molar-refractivity contribution in [2.24, 2.45) is 0 Å². The summed E-state index contributed by atoms with van der Waals surface area (Å²) in [5.74, 6) is 0. The standard InChI is InChI=1S/C19H33NO/c1-7-14-20-18(15(4)21-19(5,6)9-3)17-12-10-16(8-2)11-13-17/h10-13,15,18,20H,7-9,14H2,1-6H3. The molecule has 0 aliphatic carbocycles. The van der Waals surface area contributed by atoms with Gasteiger partial charge in [-0.1, -0.05) is 45.0 Å². The first kappa shape index (κ1) is 18.2. The molecule has 1 N–H and O–H groups in total. The second-order valence-electron chi connectivity index (χ2n) is 6.46. The number of ether oxygens (including phenoxy) is 1. The Hall–Kier alpha value is -0.860. The summed E-state index contributed by atoms with van der Waals surface area (Å²) in [6.45, 7) is 14.1. The van der Waals surface area contributed by atoms with Crippen LogP contribution in [0.3, 0.4) is 0 Å². The molecule has 2 atom stereocenters. The Morgan fingerprint density at radius 2 is 1.71 bits per heavy atom. The SMILES string of the molecule is CCCNC(c1ccc(CC)cc1)C(C)OC(C)(C)CC. The molecule has 0 heterocycles. The molecule has 0 bridgehead atoms. The van der Waals surface area contributed by atoms with E-state index in [2.05, 4.69) is 71.1 Å². The van der Waals surface area contributed by atoms with E-state index in [4.69, 9.17) is 4.74 Å². The van der Waals surface area contributed by atoms with Gasteiger partial charge in [-0.05, 0) is 57.7 Å². The minimum atomic E-state index is -0.0745. The number of rotatable bonds is 9. The van der Waals surface area contributed by atoms with Crippen molar-refractivity contribution in [3.8, 4) is 0 Å². The smallest absolute Gasteiger partial charge is 0.0748 e. The van der Waals surface area contributed by atoms with E-state index in [1.54, 1.807) is 0 Å². The average molecular weight is 291 g/mol. The van der Waals surface area contributed by atoms with Crippen molar-refractivity contribution >= 4 is 0 Å². The van der Waals surface area contributed by atoms with Gasteiger partial charge in [-0.25, -0.2) is 0 Å². The fourth-order valence-corrected chi connectivity index (χ4v) is 2.47. The summed E-state index contributed by atoms with van der Waals surface area (Å²) in [6, 6.07) is 9.19. The van der Waals surface area contributed by atoms with Gasteiger partial charge in [0.1, 0.15) is 0 Å². The molecule has 0 saturated heterocycles.